The van der Waals surface area contributed by atoms with E-state index in [1.165, 1.54) is 0 Å². The fourth-order valence-corrected chi connectivity index (χ4v) is 0.228. The quantitative estimate of drug-likeness (QED) is 0.302. The summed E-state index contributed by atoms with van der Waals surface area (Å²) < 4.78 is 9.22. The van der Waals surface area contributed by atoms with Crippen LogP contribution in [0.3, 0.4) is 0 Å². The Labute approximate surface area is 40.1 Å². The molecule has 2 nitrogen and oxygen atoms in total. The van der Waals surface area contributed by atoms with Gasteiger partial charge in [-0.2, -0.15) is 0 Å². The molecule has 0 saturated heterocycles. The van der Waals surface area contributed by atoms with Crippen molar-refractivity contribution in [3.05, 3.63) is 0 Å². The number of hydrogen-bond acceptors (Lipinski definition) is 2. The zero-order valence-electron chi connectivity index (χ0n) is 3.81. The van der Waals surface area contributed by atoms with Crippen LogP contribution in [0.2, 0.25) is 0 Å². The van der Waals surface area contributed by atoms with E-state index in [0.717, 1.165) is 0 Å². The second-order valence-corrected chi connectivity index (χ2v) is 1.11. The lowest BCUT2D eigenvalue weighted by molar-refractivity contribution is 0.0346. The van der Waals surface area contributed by atoms with E-state index in [1.807, 2.05) is 6.92 Å². The summed E-state index contributed by atoms with van der Waals surface area (Å²) in [7, 11) is 2.10. The molecule has 0 saturated carbocycles. The van der Waals surface area contributed by atoms with Crippen molar-refractivity contribution in [2.75, 3.05) is 13.4 Å². The molecule has 1 unspecified atom stereocenters. The van der Waals surface area contributed by atoms with E-state index >= 15 is 0 Å². The molecule has 0 aromatic rings. The lowest BCUT2D eigenvalue weighted by Gasteiger charge is -1.93. The van der Waals surface area contributed by atoms with E-state index in [0.29, 0.717) is 13.4 Å². The summed E-state index contributed by atoms with van der Waals surface area (Å²) in [6.45, 7) is 3.01. The lowest BCUT2D eigenvalue weighted by Crippen LogP contribution is -1.89. The Kier molecular flexibility index (Phi) is 5.66. The minimum absolute atomic E-state index is 0.376. The summed E-state index contributed by atoms with van der Waals surface area (Å²) in [5, 5.41) is 0. The minimum Gasteiger partial charge on any atom is -0.355 e. The van der Waals surface area contributed by atoms with Gasteiger partial charge >= 0.3 is 0 Å². The zero-order chi connectivity index (χ0) is 4.83. The van der Waals surface area contributed by atoms with E-state index in [4.69, 9.17) is 4.74 Å². The van der Waals surface area contributed by atoms with Crippen molar-refractivity contribution in [1.82, 2.24) is 0 Å². The van der Waals surface area contributed by atoms with E-state index in [-0.39, 0.29) is 0 Å². The molecule has 0 heterocycles. The summed E-state index contributed by atoms with van der Waals surface area (Å²) in [6, 6.07) is 0. The molecule has 0 amide bonds. The summed E-state index contributed by atoms with van der Waals surface area (Å²) in [5.41, 5.74) is 0. The Balaban J connectivity index is 2.34. The molecule has 0 aliphatic carbocycles. The third kappa shape index (κ3) is 4.35. The molecule has 0 spiro atoms. The first kappa shape index (κ1) is 6.35. The van der Waals surface area contributed by atoms with E-state index in [2.05, 4.69) is 14.0 Å². The van der Waals surface area contributed by atoms with Crippen LogP contribution in [0, 0.1) is 0 Å². The van der Waals surface area contributed by atoms with Gasteiger partial charge in [0.15, 0.2) is 0 Å². The van der Waals surface area contributed by atoms with Gasteiger partial charge in [0.25, 0.3) is 0 Å². The van der Waals surface area contributed by atoms with Gasteiger partial charge in [-0.3, -0.25) is 0 Å². The molecule has 0 rings (SSSR count). The predicted molar refractivity (Wildman–Crippen MR) is 27.3 cm³/mol. The zero-order valence-corrected chi connectivity index (χ0v) is 4.96. The van der Waals surface area contributed by atoms with Crippen molar-refractivity contribution in [3.8, 4) is 0 Å². The fraction of sp³-hybridized carbons (Fsp3) is 1.00. The van der Waals surface area contributed by atoms with Crippen molar-refractivity contribution in [3.63, 3.8) is 0 Å². The maximum atomic E-state index is 4.74. The highest BCUT2D eigenvalue weighted by Crippen LogP contribution is 1.82. The van der Waals surface area contributed by atoms with Gasteiger partial charge < -0.3 is 9.26 Å². The number of hydrogen-bond donors (Lipinski definition) is 0. The minimum atomic E-state index is 0.376. The number of rotatable bonds is 3. The van der Waals surface area contributed by atoms with Crippen LogP contribution in [0.25, 0.3) is 0 Å². The normalized spacial score (nSPS) is 9.00. The Hall–Kier alpha value is 0.350. The molecule has 3 heteroatoms. The summed E-state index contributed by atoms with van der Waals surface area (Å²) in [6.07, 6.45) is 0. The summed E-state index contributed by atoms with van der Waals surface area (Å²) in [4.78, 5) is 0. The maximum Gasteiger partial charge on any atom is 0.149 e. The van der Waals surface area contributed by atoms with Gasteiger partial charge in [-0.1, -0.05) is 0 Å². The molecule has 0 fully saturated rings. The first-order chi connectivity index (χ1) is 2.91. The fourth-order valence-electron chi connectivity index (χ4n) is 0.131. The van der Waals surface area contributed by atoms with Gasteiger partial charge in [0.1, 0.15) is 6.79 Å². The van der Waals surface area contributed by atoms with E-state index < -0.39 is 0 Å². The van der Waals surface area contributed by atoms with E-state index in [1.54, 1.807) is 0 Å². The van der Waals surface area contributed by atoms with Crippen LogP contribution in [-0.4, -0.2) is 13.4 Å². The molecule has 0 bridgehead atoms. The standard InChI is InChI=1S/C3H9O2P/c1-2-4-3-5-6/h2-3,6H2,1H3. The Morgan fingerprint density at radius 2 is 2.33 bits per heavy atom. The maximum absolute atomic E-state index is 4.74. The molecule has 0 aromatic carbocycles. The highest BCUT2D eigenvalue weighted by molar-refractivity contribution is 7.09. The highest BCUT2D eigenvalue weighted by Gasteiger charge is 1.71. The van der Waals surface area contributed by atoms with Crippen molar-refractivity contribution in [1.29, 1.82) is 0 Å². The topological polar surface area (TPSA) is 18.5 Å². The summed E-state index contributed by atoms with van der Waals surface area (Å²) in [5.74, 6) is 0. The van der Waals surface area contributed by atoms with Crippen LogP contribution >= 0.6 is 9.47 Å². The van der Waals surface area contributed by atoms with Crippen LogP contribution in [0.5, 0.6) is 0 Å². The first-order valence-corrected chi connectivity index (χ1v) is 2.28. The van der Waals surface area contributed by atoms with Gasteiger partial charge in [0.2, 0.25) is 0 Å². The molecule has 6 heavy (non-hydrogen) atoms. The Morgan fingerprint density at radius 3 is 2.50 bits per heavy atom. The largest absolute Gasteiger partial charge is 0.355 e. The molecule has 0 radical (unpaired) electrons. The average molecular weight is 108 g/mol. The van der Waals surface area contributed by atoms with Gasteiger partial charge in [-0.25, -0.2) is 0 Å². The van der Waals surface area contributed by atoms with Crippen LogP contribution < -0.4 is 0 Å². The molecular weight excluding hydrogens is 99.0 g/mol. The van der Waals surface area contributed by atoms with Gasteiger partial charge in [-0.05, 0) is 6.92 Å². The molecule has 1 atom stereocenters. The van der Waals surface area contributed by atoms with Crippen molar-refractivity contribution in [2.24, 2.45) is 0 Å². The van der Waals surface area contributed by atoms with Gasteiger partial charge in [0, 0.05) is 16.1 Å². The van der Waals surface area contributed by atoms with Crippen LogP contribution in [0.4, 0.5) is 0 Å². The Morgan fingerprint density at radius 1 is 1.67 bits per heavy atom. The third-order valence-corrected chi connectivity index (χ3v) is 0.492. The van der Waals surface area contributed by atoms with Crippen molar-refractivity contribution >= 4 is 9.47 Å². The van der Waals surface area contributed by atoms with Crippen molar-refractivity contribution < 1.29 is 9.26 Å². The molecule has 0 N–H and O–H groups in total. The second-order valence-electron chi connectivity index (χ2n) is 0.777. The smallest absolute Gasteiger partial charge is 0.149 e. The third-order valence-electron chi connectivity index (χ3n) is 0.355. The average Bonchev–Trinajstić information content (AvgIpc) is 1.61. The number of ether oxygens (including phenoxy) is 1. The Bertz CT molecular complexity index is 20.8. The monoisotopic (exact) mass is 108 g/mol. The molecule has 0 aliphatic heterocycles. The highest BCUT2D eigenvalue weighted by atomic mass is 31.0. The summed E-state index contributed by atoms with van der Waals surface area (Å²) >= 11 is 0. The van der Waals surface area contributed by atoms with Crippen molar-refractivity contribution in [2.45, 2.75) is 6.92 Å². The van der Waals surface area contributed by atoms with Crippen LogP contribution in [-0.2, 0) is 9.26 Å². The lowest BCUT2D eigenvalue weighted by atomic mass is 10.9. The molecule has 0 aromatic heterocycles. The molecule has 38 valence electrons. The van der Waals surface area contributed by atoms with Crippen LogP contribution in [0.15, 0.2) is 0 Å². The molecular formula is C3H9O2P. The molecule has 0 aliphatic rings. The van der Waals surface area contributed by atoms with Gasteiger partial charge in [0.05, 0.1) is 0 Å². The van der Waals surface area contributed by atoms with E-state index in [9.17, 15) is 0 Å². The second kappa shape index (κ2) is 5.35. The van der Waals surface area contributed by atoms with Gasteiger partial charge in [-0.15, -0.1) is 0 Å². The SMILES string of the molecule is CCOCOP. The van der Waals surface area contributed by atoms with Crippen LogP contribution in [0.1, 0.15) is 6.92 Å². The first-order valence-electron chi connectivity index (χ1n) is 1.81. The predicted octanol–water partition coefficient (Wildman–Crippen LogP) is 0.787.